The maximum absolute atomic E-state index is 12.7. The Morgan fingerprint density at radius 1 is 1.50 bits per heavy atom. The molecule has 1 rings (SSSR count). The van der Waals surface area contributed by atoms with Crippen LogP contribution in [0.3, 0.4) is 0 Å². The molecule has 0 saturated heterocycles. The summed E-state index contributed by atoms with van der Waals surface area (Å²) in [6, 6.07) is 4.46. The second-order valence-electron chi connectivity index (χ2n) is 4.41. The van der Waals surface area contributed by atoms with Crippen LogP contribution in [0.25, 0.3) is 0 Å². The van der Waals surface area contributed by atoms with Crippen LogP contribution < -0.4 is 0 Å². The number of aliphatic carboxylic acids is 1. The van der Waals surface area contributed by atoms with E-state index in [1.54, 1.807) is 13.0 Å². The molecule has 110 valence electrons. The first-order chi connectivity index (χ1) is 9.25. The molecule has 0 saturated carbocycles. The molecular weight excluding hydrogens is 271 g/mol. The van der Waals surface area contributed by atoms with Crippen LogP contribution >= 0.6 is 0 Å². The van der Waals surface area contributed by atoms with Crippen molar-refractivity contribution in [3.63, 3.8) is 0 Å². The molecule has 1 atom stereocenters. The molecule has 0 bridgehead atoms. The van der Waals surface area contributed by atoms with E-state index in [1.165, 1.54) is 17.0 Å². The highest BCUT2D eigenvalue weighted by Gasteiger charge is 2.31. The van der Waals surface area contributed by atoms with Gasteiger partial charge in [0.25, 0.3) is 0 Å². The van der Waals surface area contributed by atoms with Crippen molar-refractivity contribution in [2.75, 3.05) is 13.1 Å². The fourth-order valence-electron chi connectivity index (χ4n) is 1.88. The Bertz CT molecular complexity index is 486. The molecule has 0 amide bonds. The lowest BCUT2D eigenvalue weighted by Crippen LogP contribution is -2.32. The van der Waals surface area contributed by atoms with E-state index in [2.05, 4.69) is 6.58 Å². The Labute approximate surface area is 115 Å². The Morgan fingerprint density at radius 2 is 2.15 bits per heavy atom. The molecule has 1 unspecified atom stereocenters. The molecule has 0 aliphatic heterocycles. The molecule has 1 aromatic carbocycles. The molecule has 0 aliphatic carbocycles. The van der Waals surface area contributed by atoms with Crippen LogP contribution in [0.5, 0.6) is 0 Å². The molecule has 0 heterocycles. The van der Waals surface area contributed by atoms with Gasteiger partial charge in [0.05, 0.1) is 12.1 Å². The third-order valence-corrected chi connectivity index (χ3v) is 2.95. The fourth-order valence-corrected chi connectivity index (χ4v) is 1.88. The van der Waals surface area contributed by atoms with Crippen molar-refractivity contribution >= 4 is 5.97 Å². The third-order valence-electron chi connectivity index (χ3n) is 2.95. The number of carboxylic acids is 1. The van der Waals surface area contributed by atoms with Crippen molar-refractivity contribution in [1.82, 2.24) is 4.90 Å². The Balaban J connectivity index is 3.02. The predicted molar refractivity (Wildman–Crippen MR) is 69.3 cm³/mol. The highest BCUT2D eigenvalue weighted by Crippen LogP contribution is 2.31. The summed E-state index contributed by atoms with van der Waals surface area (Å²) < 4.78 is 38.0. The smallest absolute Gasteiger partial charge is 0.416 e. The van der Waals surface area contributed by atoms with Gasteiger partial charge in [-0.1, -0.05) is 18.2 Å². The van der Waals surface area contributed by atoms with Crippen LogP contribution in [0.4, 0.5) is 13.2 Å². The van der Waals surface area contributed by atoms with Gasteiger partial charge in [-0.3, -0.25) is 9.69 Å². The van der Waals surface area contributed by atoms with Crippen LogP contribution in [-0.4, -0.2) is 29.1 Å². The van der Waals surface area contributed by atoms with E-state index in [1.807, 2.05) is 0 Å². The first kappa shape index (κ1) is 16.2. The number of benzene rings is 1. The number of carbonyl (C=O) groups is 1. The molecule has 0 radical (unpaired) electrons. The summed E-state index contributed by atoms with van der Waals surface area (Å²) in [6.45, 7) is 5.22. The SMILES string of the molecule is C=CCN(CC(=O)O)C(C)c1cccc(C(F)(F)F)c1. The first-order valence-electron chi connectivity index (χ1n) is 5.99. The summed E-state index contributed by atoms with van der Waals surface area (Å²) in [6.07, 6.45) is -2.89. The zero-order valence-electron chi connectivity index (χ0n) is 11.0. The number of carboxylic acid groups (broad SMARTS) is 1. The van der Waals surface area contributed by atoms with Gasteiger partial charge in [0, 0.05) is 12.6 Å². The number of hydrogen-bond acceptors (Lipinski definition) is 2. The quantitative estimate of drug-likeness (QED) is 0.816. The largest absolute Gasteiger partial charge is 0.480 e. The normalized spacial score (nSPS) is 13.2. The fraction of sp³-hybridized carbons (Fsp3) is 0.357. The summed E-state index contributed by atoms with van der Waals surface area (Å²) in [7, 11) is 0. The molecule has 1 aromatic rings. The monoisotopic (exact) mass is 287 g/mol. The van der Waals surface area contributed by atoms with Gasteiger partial charge in [-0.05, 0) is 24.6 Å². The number of halogens is 3. The van der Waals surface area contributed by atoms with E-state index in [0.29, 0.717) is 5.56 Å². The topological polar surface area (TPSA) is 40.5 Å². The second kappa shape index (κ2) is 6.56. The third kappa shape index (κ3) is 4.38. The van der Waals surface area contributed by atoms with Crippen molar-refractivity contribution in [3.8, 4) is 0 Å². The van der Waals surface area contributed by atoms with Gasteiger partial charge >= 0.3 is 12.1 Å². The molecule has 1 N–H and O–H groups in total. The molecule has 0 aliphatic rings. The van der Waals surface area contributed by atoms with Gasteiger partial charge in [0.2, 0.25) is 0 Å². The van der Waals surface area contributed by atoms with Crippen molar-refractivity contribution in [2.24, 2.45) is 0 Å². The minimum atomic E-state index is -4.41. The van der Waals surface area contributed by atoms with E-state index in [4.69, 9.17) is 5.11 Å². The molecule has 0 fully saturated rings. The van der Waals surface area contributed by atoms with E-state index in [9.17, 15) is 18.0 Å². The van der Waals surface area contributed by atoms with Crippen LogP contribution in [0.15, 0.2) is 36.9 Å². The Morgan fingerprint density at radius 3 is 2.65 bits per heavy atom. The van der Waals surface area contributed by atoms with Crippen LogP contribution in [0, 0.1) is 0 Å². The molecule has 0 aromatic heterocycles. The van der Waals surface area contributed by atoms with Crippen LogP contribution in [-0.2, 0) is 11.0 Å². The average molecular weight is 287 g/mol. The highest BCUT2D eigenvalue weighted by molar-refractivity contribution is 5.69. The first-order valence-corrected chi connectivity index (χ1v) is 5.99. The zero-order valence-corrected chi connectivity index (χ0v) is 11.0. The van der Waals surface area contributed by atoms with E-state index >= 15 is 0 Å². The van der Waals surface area contributed by atoms with E-state index in [0.717, 1.165) is 12.1 Å². The lowest BCUT2D eigenvalue weighted by atomic mass is 10.0. The maximum atomic E-state index is 12.7. The molecule has 6 heteroatoms. The molecule has 20 heavy (non-hydrogen) atoms. The van der Waals surface area contributed by atoms with Gasteiger partial charge in [-0.2, -0.15) is 13.2 Å². The standard InChI is InChI=1S/C14H16F3NO2/c1-3-7-18(9-13(19)20)10(2)11-5-4-6-12(8-11)14(15,16)17/h3-6,8,10H,1,7,9H2,2H3,(H,19,20). The van der Waals surface area contributed by atoms with Gasteiger partial charge in [0.15, 0.2) is 0 Å². The van der Waals surface area contributed by atoms with Gasteiger partial charge in [-0.25, -0.2) is 0 Å². The molecule has 0 spiro atoms. The van der Waals surface area contributed by atoms with Crippen molar-refractivity contribution in [3.05, 3.63) is 48.0 Å². The predicted octanol–water partition coefficient (Wildman–Crippen LogP) is 3.34. The van der Waals surface area contributed by atoms with Crippen molar-refractivity contribution < 1.29 is 23.1 Å². The van der Waals surface area contributed by atoms with Gasteiger partial charge in [0.1, 0.15) is 0 Å². The average Bonchev–Trinajstić information content (AvgIpc) is 2.36. The number of nitrogens with zero attached hydrogens (tertiary/aromatic N) is 1. The number of rotatable bonds is 6. The number of alkyl halides is 3. The van der Waals surface area contributed by atoms with Crippen LogP contribution in [0.2, 0.25) is 0 Å². The van der Waals surface area contributed by atoms with Crippen molar-refractivity contribution in [1.29, 1.82) is 0 Å². The van der Waals surface area contributed by atoms with E-state index < -0.39 is 23.8 Å². The van der Waals surface area contributed by atoms with E-state index in [-0.39, 0.29) is 13.1 Å². The Kier molecular flexibility index (Phi) is 5.33. The highest BCUT2D eigenvalue weighted by atomic mass is 19.4. The molecular formula is C14H16F3NO2. The maximum Gasteiger partial charge on any atom is 0.416 e. The minimum Gasteiger partial charge on any atom is -0.480 e. The van der Waals surface area contributed by atoms with Crippen molar-refractivity contribution in [2.45, 2.75) is 19.1 Å². The minimum absolute atomic E-state index is 0.260. The molecule has 3 nitrogen and oxygen atoms in total. The number of hydrogen-bond donors (Lipinski definition) is 1. The van der Waals surface area contributed by atoms with Gasteiger partial charge < -0.3 is 5.11 Å². The van der Waals surface area contributed by atoms with Crippen LogP contribution in [0.1, 0.15) is 24.1 Å². The second-order valence-corrected chi connectivity index (χ2v) is 4.41. The summed E-state index contributed by atoms with van der Waals surface area (Å²) in [5, 5.41) is 8.83. The van der Waals surface area contributed by atoms with Gasteiger partial charge in [-0.15, -0.1) is 6.58 Å². The summed E-state index contributed by atoms with van der Waals surface area (Å²) >= 11 is 0. The zero-order chi connectivity index (χ0) is 15.3. The lowest BCUT2D eigenvalue weighted by molar-refractivity contribution is -0.139. The summed E-state index contributed by atoms with van der Waals surface area (Å²) in [4.78, 5) is 12.3. The lowest BCUT2D eigenvalue weighted by Gasteiger charge is -2.27. The Hall–Kier alpha value is -1.82. The summed E-state index contributed by atoms with van der Waals surface area (Å²) in [5.41, 5.74) is -0.321. The summed E-state index contributed by atoms with van der Waals surface area (Å²) in [5.74, 6) is -1.04.